The molecule has 4 heteroatoms. The number of likely N-dealkylation sites (tertiary alicyclic amines) is 1. The third-order valence-electron chi connectivity index (χ3n) is 4.83. The van der Waals surface area contributed by atoms with Crippen LogP contribution in [-0.4, -0.2) is 23.9 Å². The first-order valence-corrected chi connectivity index (χ1v) is 8.29. The lowest BCUT2D eigenvalue weighted by Gasteiger charge is -2.41. The van der Waals surface area contributed by atoms with E-state index in [0.717, 1.165) is 35.0 Å². The highest BCUT2D eigenvalue weighted by Crippen LogP contribution is 2.36. The zero-order valence-electron chi connectivity index (χ0n) is 11.6. The summed E-state index contributed by atoms with van der Waals surface area (Å²) in [4.78, 5) is 14.6. The zero-order chi connectivity index (χ0) is 14.1. The summed E-state index contributed by atoms with van der Waals surface area (Å²) in [6.07, 6.45) is 6.53. The fourth-order valence-electron chi connectivity index (χ4n) is 3.63. The molecule has 1 heterocycles. The summed E-state index contributed by atoms with van der Waals surface area (Å²) in [5, 5.41) is 0. The number of carbonyl (C=O) groups excluding carboxylic acids is 1. The van der Waals surface area contributed by atoms with Crippen molar-refractivity contribution in [3.8, 4) is 0 Å². The van der Waals surface area contributed by atoms with Crippen LogP contribution in [0.2, 0.25) is 0 Å². The maximum Gasteiger partial charge on any atom is 0.253 e. The first kappa shape index (κ1) is 13.9. The Kier molecular flexibility index (Phi) is 4.01. The first-order chi connectivity index (χ1) is 9.65. The van der Waals surface area contributed by atoms with Crippen LogP contribution < -0.4 is 5.73 Å². The SMILES string of the molecule is Nc1ccc(C(=O)N2CCC3CCCCC3C2)cc1Br. The summed E-state index contributed by atoms with van der Waals surface area (Å²) >= 11 is 3.40. The van der Waals surface area contributed by atoms with Crippen molar-refractivity contribution in [1.29, 1.82) is 0 Å². The van der Waals surface area contributed by atoms with Crippen molar-refractivity contribution in [2.45, 2.75) is 32.1 Å². The van der Waals surface area contributed by atoms with Gasteiger partial charge in [-0.2, -0.15) is 0 Å². The normalized spacial score (nSPS) is 26.1. The lowest BCUT2D eigenvalue weighted by atomic mass is 9.75. The molecule has 2 fully saturated rings. The minimum Gasteiger partial charge on any atom is -0.398 e. The molecule has 2 unspecified atom stereocenters. The zero-order valence-corrected chi connectivity index (χ0v) is 13.2. The minimum absolute atomic E-state index is 0.148. The molecule has 3 rings (SSSR count). The summed E-state index contributed by atoms with van der Waals surface area (Å²) in [6.45, 7) is 1.84. The van der Waals surface area contributed by atoms with Crippen molar-refractivity contribution >= 4 is 27.5 Å². The molecular formula is C16H21BrN2O. The number of amides is 1. The van der Waals surface area contributed by atoms with Gasteiger partial charge in [-0.25, -0.2) is 0 Å². The average molecular weight is 337 g/mol. The predicted octanol–water partition coefficient (Wildman–Crippen LogP) is 3.68. The van der Waals surface area contributed by atoms with Crippen molar-refractivity contribution in [3.63, 3.8) is 0 Å². The van der Waals surface area contributed by atoms with Crippen LogP contribution in [0.5, 0.6) is 0 Å². The summed E-state index contributed by atoms with van der Waals surface area (Å²) in [5.41, 5.74) is 7.19. The van der Waals surface area contributed by atoms with Gasteiger partial charge >= 0.3 is 0 Å². The van der Waals surface area contributed by atoms with Crippen LogP contribution in [0.15, 0.2) is 22.7 Å². The van der Waals surface area contributed by atoms with E-state index in [1.807, 2.05) is 17.0 Å². The fourth-order valence-corrected chi connectivity index (χ4v) is 4.01. The number of hydrogen-bond donors (Lipinski definition) is 1. The number of fused-ring (bicyclic) bond motifs is 1. The van der Waals surface area contributed by atoms with Crippen LogP contribution >= 0.6 is 15.9 Å². The number of anilines is 1. The van der Waals surface area contributed by atoms with E-state index in [2.05, 4.69) is 15.9 Å². The van der Waals surface area contributed by atoms with Crippen molar-refractivity contribution in [2.24, 2.45) is 11.8 Å². The van der Waals surface area contributed by atoms with Crippen molar-refractivity contribution in [3.05, 3.63) is 28.2 Å². The van der Waals surface area contributed by atoms with Crippen LogP contribution in [0.1, 0.15) is 42.5 Å². The molecule has 1 aliphatic carbocycles. The number of benzene rings is 1. The standard InChI is InChI=1S/C16H21BrN2O/c17-14-9-12(5-6-15(14)18)16(20)19-8-7-11-3-1-2-4-13(11)10-19/h5-6,9,11,13H,1-4,7-8,10,18H2. The highest BCUT2D eigenvalue weighted by atomic mass is 79.9. The van der Waals surface area contributed by atoms with E-state index < -0.39 is 0 Å². The molecule has 0 radical (unpaired) electrons. The van der Waals surface area contributed by atoms with Gasteiger partial charge in [-0.1, -0.05) is 19.3 Å². The molecule has 0 spiro atoms. The largest absolute Gasteiger partial charge is 0.398 e. The molecule has 0 aromatic heterocycles. The Balaban J connectivity index is 1.72. The van der Waals surface area contributed by atoms with E-state index in [1.54, 1.807) is 6.07 Å². The van der Waals surface area contributed by atoms with Gasteiger partial charge in [-0.15, -0.1) is 0 Å². The number of nitrogen functional groups attached to an aromatic ring is 1. The second kappa shape index (κ2) is 5.76. The van der Waals surface area contributed by atoms with E-state index in [9.17, 15) is 4.79 Å². The molecule has 1 aliphatic heterocycles. The van der Waals surface area contributed by atoms with Gasteiger partial charge in [0.15, 0.2) is 0 Å². The minimum atomic E-state index is 0.148. The lowest BCUT2D eigenvalue weighted by molar-refractivity contribution is 0.0521. The van der Waals surface area contributed by atoms with Gasteiger partial charge in [-0.05, 0) is 58.8 Å². The van der Waals surface area contributed by atoms with Gasteiger partial charge in [0.25, 0.3) is 5.91 Å². The molecule has 2 aliphatic rings. The Morgan fingerprint density at radius 2 is 1.95 bits per heavy atom. The number of piperidine rings is 1. The van der Waals surface area contributed by atoms with Gasteiger partial charge in [0, 0.05) is 28.8 Å². The Labute approximate surface area is 128 Å². The molecule has 1 aromatic carbocycles. The summed E-state index contributed by atoms with van der Waals surface area (Å²) in [6, 6.07) is 5.46. The molecule has 1 amide bonds. The number of rotatable bonds is 1. The van der Waals surface area contributed by atoms with E-state index >= 15 is 0 Å². The molecule has 20 heavy (non-hydrogen) atoms. The van der Waals surface area contributed by atoms with E-state index in [-0.39, 0.29) is 5.91 Å². The average Bonchev–Trinajstić information content (AvgIpc) is 2.49. The Morgan fingerprint density at radius 1 is 1.20 bits per heavy atom. The highest BCUT2D eigenvalue weighted by Gasteiger charge is 2.33. The van der Waals surface area contributed by atoms with E-state index in [4.69, 9.17) is 5.73 Å². The van der Waals surface area contributed by atoms with Crippen LogP contribution in [-0.2, 0) is 0 Å². The van der Waals surface area contributed by atoms with Crippen LogP contribution in [0.3, 0.4) is 0 Å². The van der Waals surface area contributed by atoms with Crippen molar-refractivity contribution in [2.75, 3.05) is 18.8 Å². The highest BCUT2D eigenvalue weighted by molar-refractivity contribution is 9.10. The summed E-state index contributed by atoms with van der Waals surface area (Å²) in [7, 11) is 0. The molecule has 1 aromatic rings. The van der Waals surface area contributed by atoms with Crippen LogP contribution in [0, 0.1) is 11.8 Å². The fraction of sp³-hybridized carbons (Fsp3) is 0.562. The van der Waals surface area contributed by atoms with Crippen molar-refractivity contribution < 1.29 is 4.79 Å². The Hall–Kier alpha value is -1.03. The predicted molar refractivity (Wildman–Crippen MR) is 84.5 cm³/mol. The lowest BCUT2D eigenvalue weighted by Crippen LogP contribution is -2.44. The quantitative estimate of drug-likeness (QED) is 0.795. The second-order valence-electron chi connectivity index (χ2n) is 6.08. The molecular weight excluding hydrogens is 316 g/mol. The molecule has 1 saturated heterocycles. The number of halogens is 1. The Morgan fingerprint density at radius 3 is 2.70 bits per heavy atom. The third-order valence-corrected chi connectivity index (χ3v) is 5.51. The monoisotopic (exact) mass is 336 g/mol. The van der Waals surface area contributed by atoms with Gasteiger partial charge in [0.1, 0.15) is 0 Å². The molecule has 0 bridgehead atoms. The molecule has 1 saturated carbocycles. The first-order valence-electron chi connectivity index (χ1n) is 7.49. The number of nitrogens with two attached hydrogens (primary N) is 1. The van der Waals surface area contributed by atoms with Crippen LogP contribution in [0.25, 0.3) is 0 Å². The van der Waals surface area contributed by atoms with Gasteiger partial charge in [0.2, 0.25) is 0 Å². The molecule has 2 N–H and O–H groups in total. The maximum absolute atomic E-state index is 12.6. The third kappa shape index (κ3) is 2.71. The maximum atomic E-state index is 12.6. The molecule has 3 nitrogen and oxygen atoms in total. The topological polar surface area (TPSA) is 46.3 Å². The molecule has 2 atom stereocenters. The number of carbonyl (C=O) groups is 1. The number of hydrogen-bond acceptors (Lipinski definition) is 2. The van der Waals surface area contributed by atoms with Gasteiger partial charge < -0.3 is 10.6 Å². The number of nitrogens with zero attached hydrogens (tertiary/aromatic N) is 1. The van der Waals surface area contributed by atoms with Gasteiger partial charge in [0.05, 0.1) is 0 Å². The Bertz CT molecular complexity index is 517. The molecule has 108 valence electrons. The second-order valence-corrected chi connectivity index (χ2v) is 6.94. The smallest absolute Gasteiger partial charge is 0.253 e. The van der Waals surface area contributed by atoms with Crippen molar-refractivity contribution in [1.82, 2.24) is 4.90 Å². The van der Waals surface area contributed by atoms with Crippen LogP contribution in [0.4, 0.5) is 5.69 Å². The van der Waals surface area contributed by atoms with E-state index in [0.29, 0.717) is 5.69 Å². The summed E-state index contributed by atoms with van der Waals surface area (Å²) in [5.74, 6) is 1.72. The van der Waals surface area contributed by atoms with E-state index in [1.165, 1.54) is 32.1 Å². The summed E-state index contributed by atoms with van der Waals surface area (Å²) < 4.78 is 0.802. The van der Waals surface area contributed by atoms with Gasteiger partial charge in [-0.3, -0.25) is 4.79 Å².